The van der Waals surface area contributed by atoms with Crippen LogP contribution in [0.25, 0.3) is 0 Å². The lowest BCUT2D eigenvalue weighted by Gasteiger charge is -2.07. The van der Waals surface area contributed by atoms with Crippen LogP contribution in [0.2, 0.25) is 0 Å². The predicted molar refractivity (Wildman–Crippen MR) is 58.8 cm³/mol. The fourth-order valence-electron chi connectivity index (χ4n) is 1.51. The van der Waals surface area contributed by atoms with Crippen molar-refractivity contribution < 1.29 is 9.60 Å². The van der Waals surface area contributed by atoms with Gasteiger partial charge < -0.3 is 16.3 Å². The molecule has 0 unspecified atom stereocenters. The monoisotopic (exact) mass is 223 g/mol. The number of nitrogens with two attached hydrogens (primary N) is 1. The topological polar surface area (TPSA) is 70.6 Å². The van der Waals surface area contributed by atoms with Crippen molar-refractivity contribution in [2.75, 3.05) is 0 Å². The van der Waals surface area contributed by atoms with Crippen LogP contribution in [0.1, 0.15) is 24.0 Å². The van der Waals surface area contributed by atoms with Crippen molar-refractivity contribution in [3.63, 3.8) is 0 Å². The summed E-state index contributed by atoms with van der Waals surface area (Å²) in [7, 11) is 0. The van der Waals surface area contributed by atoms with Crippen LogP contribution < -0.4 is 11.1 Å². The number of nitrogens with one attached hydrogen (secondary N) is 1. The van der Waals surface area contributed by atoms with Gasteiger partial charge in [-0.05, 0) is 18.9 Å². The Kier molecular flexibility index (Phi) is 3.05. The molecule has 1 aromatic carbocycles. The number of hydrogen-bond acceptors (Lipinski definition) is 3. The van der Waals surface area contributed by atoms with E-state index >= 15 is 0 Å². The standard InChI is InChI=1S/C11H14FN3O/c12-10-7(6-14-8-4-5-8)2-1-3-9(10)11(13)15-16/h1-3,8,14,16H,4-6H2,(H2,13,15). The normalized spacial score (nSPS) is 16.4. The minimum absolute atomic E-state index is 0.137. The first-order chi connectivity index (χ1) is 7.72. The van der Waals surface area contributed by atoms with E-state index in [1.807, 2.05) is 0 Å². The van der Waals surface area contributed by atoms with Gasteiger partial charge in [-0.3, -0.25) is 0 Å². The second-order valence-corrected chi connectivity index (χ2v) is 3.92. The molecule has 0 saturated heterocycles. The van der Waals surface area contributed by atoms with Gasteiger partial charge in [0, 0.05) is 18.2 Å². The van der Waals surface area contributed by atoms with Crippen LogP contribution in [0.4, 0.5) is 4.39 Å². The van der Waals surface area contributed by atoms with Crippen molar-refractivity contribution >= 4 is 5.84 Å². The van der Waals surface area contributed by atoms with Crippen LogP contribution in [0, 0.1) is 5.82 Å². The first-order valence-corrected chi connectivity index (χ1v) is 5.21. The Morgan fingerprint density at radius 2 is 2.31 bits per heavy atom. The molecule has 86 valence electrons. The summed E-state index contributed by atoms with van der Waals surface area (Å²) in [6.45, 7) is 0.475. The van der Waals surface area contributed by atoms with Crippen molar-refractivity contribution in [2.24, 2.45) is 10.9 Å². The summed E-state index contributed by atoms with van der Waals surface area (Å²) in [4.78, 5) is 0. The zero-order chi connectivity index (χ0) is 11.5. The van der Waals surface area contributed by atoms with Gasteiger partial charge in [-0.1, -0.05) is 17.3 Å². The number of amidine groups is 1. The quantitative estimate of drug-likeness (QED) is 0.310. The van der Waals surface area contributed by atoms with Crippen molar-refractivity contribution in [2.45, 2.75) is 25.4 Å². The lowest BCUT2D eigenvalue weighted by molar-refractivity contribution is 0.318. The van der Waals surface area contributed by atoms with Gasteiger partial charge in [0.15, 0.2) is 5.84 Å². The molecule has 0 radical (unpaired) electrons. The van der Waals surface area contributed by atoms with Crippen LogP contribution >= 0.6 is 0 Å². The summed E-state index contributed by atoms with van der Waals surface area (Å²) < 4.78 is 13.9. The molecule has 0 bridgehead atoms. The lowest BCUT2D eigenvalue weighted by atomic mass is 10.1. The van der Waals surface area contributed by atoms with Gasteiger partial charge in [0.2, 0.25) is 0 Å². The van der Waals surface area contributed by atoms with Crippen molar-refractivity contribution in [1.82, 2.24) is 5.32 Å². The maximum absolute atomic E-state index is 13.9. The van der Waals surface area contributed by atoms with E-state index in [0.717, 1.165) is 12.8 Å². The number of benzene rings is 1. The smallest absolute Gasteiger partial charge is 0.173 e. The van der Waals surface area contributed by atoms with Gasteiger partial charge >= 0.3 is 0 Å². The zero-order valence-electron chi connectivity index (χ0n) is 8.78. The summed E-state index contributed by atoms with van der Waals surface area (Å²) in [5.74, 6) is -0.628. The highest BCUT2D eigenvalue weighted by Gasteiger charge is 2.21. The SMILES string of the molecule is N/C(=N/O)c1cccc(CNC2CC2)c1F. The molecular weight excluding hydrogens is 209 g/mol. The second-order valence-electron chi connectivity index (χ2n) is 3.92. The van der Waals surface area contributed by atoms with E-state index in [1.54, 1.807) is 12.1 Å². The molecule has 1 fully saturated rings. The van der Waals surface area contributed by atoms with Gasteiger partial charge in [0.05, 0.1) is 5.56 Å². The number of halogens is 1. The third kappa shape index (κ3) is 2.30. The summed E-state index contributed by atoms with van der Waals surface area (Å²) in [5, 5.41) is 14.5. The van der Waals surface area contributed by atoms with E-state index in [4.69, 9.17) is 10.9 Å². The predicted octanol–water partition coefficient (Wildman–Crippen LogP) is 1.17. The van der Waals surface area contributed by atoms with Crippen molar-refractivity contribution in [3.8, 4) is 0 Å². The highest BCUT2D eigenvalue weighted by Crippen LogP contribution is 2.20. The first kappa shape index (κ1) is 10.9. The van der Waals surface area contributed by atoms with E-state index in [0.29, 0.717) is 18.2 Å². The molecule has 0 amide bonds. The summed E-state index contributed by atoms with van der Waals surface area (Å²) in [5.41, 5.74) is 6.05. The summed E-state index contributed by atoms with van der Waals surface area (Å²) >= 11 is 0. The summed E-state index contributed by atoms with van der Waals surface area (Å²) in [6, 6.07) is 5.40. The number of rotatable bonds is 4. The molecule has 0 spiro atoms. The molecule has 0 aromatic heterocycles. The van der Waals surface area contributed by atoms with E-state index in [2.05, 4.69) is 10.5 Å². The minimum Gasteiger partial charge on any atom is -0.409 e. The average Bonchev–Trinajstić information content (AvgIpc) is 3.10. The van der Waals surface area contributed by atoms with Gasteiger partial charge in [-0.2, -0.15) is 0 Å². The Balaban J connectivity index is 2.17. The average molecular weight is 223 g/mol. The highest BCUT2D eigenvalue weighted by atomic mass is 19.1. The molecule has 0 aliphatic heterocycles. The van der Waals surface area contributed by atoms with E-state index in [-0.39, 0.29) is 11.4 Å². The number of hydrogen-bond donors (Lipinski definition) is 3. The van der Waals surface area contributed by atoms with Crippen molar-refractivity contribution in [1.29, 1.82) is 0 Å². The van der Waals surface area contributed by atoms with Gasteiger partial charge in [-0.15, -0.1) is 0 Å². The van der Waals surface area contributed by atoms with E-state index < -0.39 is 5.82 Å². The van der Waals surface area contributed by atoms with Crippen LogP contribution in [0.15, 0.2) is 23.4 Å². The maximum Gasteiger partial charge on any atom is 0.173 e. The molecule has 4 N–H and O–H groups in total. The molecule has 2 rings (SSSR count). The first-order valence-electron chi connectivity index (χ1n) is 5.21. The van der Waals surface area contributed by atoms with Gasteiger partial charge in [0.1, 0.15) is 5.82 Å². The zero-order valence-corrected chi connectivity index (χ0v) is 8.78. The molecule has 16 heavy (non-hydrogen) atoms. The third-order valence-corrected chi connectivity index (χ3v) is 2.62. The lowest BCUT2D eigenvalue weighted by Crippen LogP contribution is -2.19. The molecule has 1 saturated carbocycles. The molecule has 5 heteroatoms. The van der Waals surface area contributed by atoms with E-state index in [1.165, 1.54) is 6.07 Å². The number of nitrogens with zero attached hydrogens (tertiary/aromatic N) is 1. The molecular formula is C11H14FN3O. The minimum atomic E-state index is -0.425. The van der Waals surface area contributed by atoms with Crippen LogP contribution in [0.3, 0.4) is 0 Å². The number of oxime groups is 1. The second kappa shape index (κ2) is 4.49. The van der Waals surface area contributed by atoms with Crippen LogP contribution in [-0.4, -0.2) is 17.1 Å². The Bertz CT molecular complexity index is 416. The van der Waals surface area contributed by atoms with Crippen LogP contribution in [-0.2, 0) is 6.54 Å². The van der Waals surface area contributed by atoms with Gasteiger partial charge in [-0.25, -0.2) is 4.39 Å². The molecule has 0 heterocycles. The third-order valence-electron chi connectivity index (χ3n) is 2.62. The van der Waals surface area contributed by atoms with Gasteiger partial charge in [0.25, 0.3) is 0 Å². The van der Waals surface area contributed by atoms with E-state index in [9.17, 15) is 4.39 Å². The summed E-state index contributed by atoms with van der Waals surface area (Å²) in [6.07, 6.45) is 2.31. The highest BCUT2D eigenvalue weighted by molar-refractivity contribution is 5.97. The fourth-order valence-corrected chi connectivity index (χ4v) is 1.51. The van der Waals surface area contributed by atoms with Crippen molar-refractivity contribution in [3.05, 3.63) is 35.1 Å². The largest absolute Gasteiger partial charge is 0.409 e. The molecule has 1 aromatic rings. The van der Waals surface area contributed by atoms with Crippen LogP contribution in [0.5, 0.6) is 0 Å². The molecule has 4 nitrogen and oxygen atoms in total. The Morgan fingerprint density at radius 1 is 1.56 bits per heavy atom. The maximum atomic E-state index is 13.9. The molecule has 1 aliphatic rings. The Labute approximate surface area is 92.9 Å². The Morgan fingerprint density at radius 3 is 2.94 bits per heavy atom. The fraction of sp³-hybridized carbons (Fsp3) is 0.364. The molecule has 0 atom stereocenters. The Hall–Kier alpha value is -1.62. The molecule has 1 aliphatic carbocycles.